The van der Waals surface area contributed by atoms with Crippen molar-refractivity contribution in [3.63, 3.8) is 0 Å². The van der Waals surface area contributed by atoms with E-state index in [-0.39, 0.29) is 6.04 Å². The predicted molar refractivity (Wildman–Crippen MR) is 82.0 cm³/mol. The highest BCUT2D eigenvalue weighted by molar-refractivity contribution is 6.30. The molecule has 0 amide bonds. The van der Waals surface area contributed by atoms with Crippen LogP contribution in [-0.4, -0.2) is 34.7 Å². The smallest absolute Gasteiger partial charge is 0.258 e. The minimum Gasteiger partial charge on any atom is -0.334 e. The van der Waals surface area contributed by atoms with Crippen LogP contribution < -0.4 is 5.73 Å². The van der Waals surface area contributed by atoms with Crippen LogP contribution in [-0.2, 0) is 0 Å². The Labute approximate surface area is 129 Å². The molecule has 0 radical (unpaired) electrons. The van der Waals surface area contributed by atoms with E-state index < -0.39 is 0 Å². The largest absolute Gasteiger partial charge is 0.334 e. The van der Waals surface area contributed by atoms with Gasteiger partial charge < -0.3 is 15.2 Å². The van der Waals surface area contributed by atoms with Crippen molar-refractivity contribution in [2.75, 3.05) is 19.6 Å². The molecule has 1 fully saturated rings. The van der Waals surface area contributed by atoms with Crippen molar-refractivity contribution < 1.29 is 4.52 Å². The number of rotatable bonds is 4. The number of nitrogens with zero attached hydrogens (tertiary/aromatic N) is 3. The van der Waals surface area contributed by atoms with Gasteiger partial charge in [-0.05, 0) is 44.1 Å². The van der Waals surface area contributed by atoms with Crippen LogP contribution in [0.3, 0.4) is 0 Å². The Bertz CT molecular complexity index is 595. The van der Waals surface area contributed by atoms with Gasteiger partial charge in [0.05, 0.1) is 6.04 Å². The van der Waals surface area contributed by atoms with Crippen molar-refractivity contribution in [1.82, 2.24) is 15.0 Å². The minimum atomic E-state index is -0.222. The third-order valence-corrected chi connectivity index (χ3v) is 3.98. The van der Waals surface area contributed by atoms with E-state index in [0.29, 0.717) is 16.7 Å². The fraction of sp³-hybridized carbons (Fsp3) is 0.467. The fourth-order valence-electron chi connectivity index (χ4n) is 2.63. The number of piperidine rings is 1. The second-order valence-corrected chi connectivity index (χ2v) is 5.87. The summed E-state index contributed by atoms with van der Waals surface area (Å²) in [5.41, 5.74) is 7.01. The van der Waals surface area contributed by atoms with Crippen LogP contribution in [0.25, 0.3) is 11.5 Å². The fourth-order valence-corrected chi connectivity index (χ4v) is 2.82. The SMILES string of the molecule is NC(CN1CCCCC1)c1noc(-c2cccc(Cl)c2)n1. The standard InChI is InChI=1S/C15H19ClN4O/c16-12-6-4-5-11(9-12)15-18-14(19-21-15)13(17)10-20-7-2-1-3-8-20/h4-6,9,13H,1-3,7-8,10,17H2. The van der Waals surface area contributed by atoms with Gasteiger partial charge in [0, 0.05) is 17.1 Å². The van der Waals surface area contributed by atoms with Gasteiger partial charge in [0.25, 0.3) is 5.89 Å². The molecule has 2 heterocycles. The zero-order valence-corrected chi connectivity index (χ0v) is 12.6. The van der Waals surface area contributed by atoms with E-state index in [1.165, 1.54) is 19.3 Å². The van der Waals surface area contributed by atoms with Crippen LogP contribution in [0.1, 0.15) is 31.1 Å². The molecule has 3 rings (SSSR count). The lowest BCUT2D eigenvalue weighted by Gasteiger charge is -2.27. The van der Waals surface area contributed by atoms with Gasteiger partial charge in [0.15, 0.2) is 5.82 Å². The molecule has 0 saturated carbocycles. The zero-order valence-electron chi connectivity index (χ0n) is 11.8. The first-order valence-electron chi connectivity index (χ1n) is 7.30. The van der Waals surface area contributed by atoms with E-state index >= 15 is 0 Å². The first-order chi connectivity index (χ1) is 10.2. The molecule has 1 aliphatic rings. The molecule has 1 aromatic carbocycles. The number of nitrogens with two attached hydrogens (primary N) is 1. The summed E-state index contributed by atoms with van der Waals surface area (Å²) in [4.78, 5) is 6.76. The summed E-state index contributed by atoms with van der Waals surface area (Å²) in [6, 6.07) is 7.13. The molecule has 1 atom stereocenters. The summed E-state index contributed by atoms with van der Waals surface area (Å²) in [6.07, 6.45) is 3.80. The molecule has 112 valence electrons. The Kier molecular flexibility index (Phi) is 4.53. The maximum atomic E-state index is 6.19. The van der Waals surface area contributed by atoms with Gasteiger partial charge in [-0.15, -0.1) is 0 Å². The normalized spacial score (nSPS) is 17.8. The number of benzene rings is 1. The first kappa shape index (κ1) is 14.5. The minimum absolute atomic E-state index is 0.222. The summed E-state index contributed by atoms with van der Waals surface area (Å²) < 4.78 is 5.30. The summed E-state index contributed by atoms with van der Waals surface area (Å²) in [7, 11) is 0. The summed E-state index contributed by atoms with van der Waals surface area (Å²) >= 11 is 5.97. The molecule has 6 heteroatoms. The lowest BCUT2D eigenvalue weighted by molar-refractivity contribution is 0.213. The highest BCUT2D eigenvalue weighted by Gasteiger charge is 2.19. The molecule has 1 aliphatic heterocycles. The van der Waals surface area contributed by atoms with Crippen molar-refractivity contribution in [2.45, 2.75) is 25.3 Å². The molecule has 1 aromatic heterocycles. The van der Waals surface area contributed by atoms with Crippen molar-refractivity contribution in [2.24, 2.45) is 5.73 Å². The molecule has 1 saturated heterocycles. The Balaban J connectivity index is 1.69. The molecule has 2 N–H and O–H groups in total. The third-order valence-electron chi connectivity index (χ3n) is 3.75. The Morgan fingerprint density at radius 3 is 2.86 bits per heavy atom. The first-order valence-corrected chi connectivity index (χ1v) is 7.67. The van der Waals surface area contributed by atoms with Crippen molar-refractivity contribution in [3.05, 3.63) is 35.1 Å². The van der Waals surface area contributed by atoms with Crippen molar-refractivity contribution in [1.29, 1.82) is 0 Å². The van der Waals surface area contributed by atoms with E-state index in [9.17, 15) is 0 Å². The summed E-state index contributed by atoms with van der Waals surface area (Å²) in [5, 5.41) is 4.65. The van der Waals surface area contributed by atoms with Gasteiger partial charge in [0.2, 0.25) is 0 Å². The predicted octanol–water partition coefficient (Wildman–Crippen LogP) is 2.88. The van der Waals surface area contributed by atoms with E-state index in [0.717, 1.165) is 25.2 Å². The molecule has 0 aliphatic carbocycles. The van der Waals surface area contributed by atoms with Crippen LogP contribution in [0.5, 0.6) is 0 Å². The van der Waals surface area contributed by atoms with E-state index in [4.69, 9.17) is 21.9 Å². The molecule has 0 bridgehead atoms. The van der Waals surface area contributed by atoms with Gasteiger partial charge in [-0.3, -0.25) is 0 Å². The van der Waals surface area contributed by atoms with Gasteiger partial charge in [-0.2, -0.15) is 4.98 Å². The number of likely N-dealkylation sites (tertiary alicyclic amines) is 1. The van der Waals surface area contributed by atoms with E-state index in [1.54, 1.807) is 6.07 Å². The Hall–Kier alpha value is -1.43. The third kappa shape index (κ3) is 3.61. The molecule has 1 unspecified atom stereocenters. The average Bonchev–Trinajstić information content (AvgIpc) is 2.98. The molecule has 5 nitrogen and oxygen atoms in total. The van der Waals surface area contributed by atoms with Crippen LogP contribution in [0.2, 0.25) is 5.02 Å². The van der Waals surface area contributed by atoms with E-state index in [2.05, 4.69) is 15.0 Å². The molecule has 2 aromatic rings. The van der Waals surface area contributed by atoms with Gasteiger partial charge in [-0.1, -0.05) is 29.2 Å². The number of hydrogen-bond acceptors (Lipinski definition) is 5. The van der Waals surface area contributed by atoms with Gasteiger partial charge >= 0.3 is 0 Å². The van der Waals surface area contributed by atoms with Crippen LogP contribution >= 0.6 is 11.6 Å². The second kappa shape index (κ2) is 6.56. The quantitative estimate of drug-likeness (QED) is 0.940. The Morgan fingerprint density at radius 1 is 1.29 bits per heavy atom. The van der Waals surface area contributed by atoms with Crippen LogP contribution in [0.15, 0.2) is 28.8 Å². The maximum Gasteiger partial charge on any atom is 0.258 e. The number of aromatic nitrogens is 2. The average molecular weight is 307 g/mol. The second-order valence-electron chi connectivity index (χ2n) is 5.44. The number of hydrogen-bond donors (Lipinski definition) is 1. The van der Waals surface area contributed by atoms with Crippen molar-refractivity contribution in [3.8, 4) is 11.5 Å². The van der Waals surface area contributed by atoms with E-state index in [1.807, 2.05) is 18.2 Å². The highest BCUT2D eigenvalue weighted by Crippen LogP contribution is 2.22. The lowest BCUT2D eigenvalue weighted by atomic mass is 10.1. The topological polar surface area (TPSA) is 68.2 Å². The molecular weight excluding hydrogens is 288 g/mol. The van der Waals surface area contributed by atoms with Crippen LogP contribution in [0.4, 0.5) is 0 Å². The molecular formula is C15H19ClN4O. The summed E-state index contributed by atoms with van der Waals surface area (Å²) in [5.74, 6) is 1.01. The zero-order chi connectivity index (χ0) is 14.7. The Morgan fingerprint density at radius 2 is 2.10 bits per heavy atom. The molecule has 0 spiro atoms. The number of halogens is 1. The van der Waals surface area contributed by atoms with Crippen molar-refractivity contribution >= 4 is 11.6 Å². The van der Waals surface area contributed by atoms with Crippen LogP contribution in [0, 0.1) is 0 Å². The monoisotopic (exact) mass is 306 g/mol. The molecule has 21 heavy (non-hydrogen) atoms. The summed E-state index contributed by atoms with van der Waals surface area (Å²) in [6.45, 7) is 2.98. The van der Waals surface area contributed by atoms with Gasteiger partial charge in [0.1, 0.15) is 0 Å². The van der Waals surface area contributed by atoms with Gasteiger partial charge in [-0.25, -0.2) is 0 Å². The highest BCUT2D eigenvalue weighted by atomic mass is 35.5. The lowest BCUT2D eigenvalue weighted by Crippen LogP contribution is -2.36. The maximum absolute atomic E-state index is 6.19.